The molecule has 3 N–H and O–H groups in total. The number of unbranched alkanes of at least 4 members (excludes halogenated alkanes) is 37. The number of carbonyl (C=O) groups excluding carboxylic acids is 2. The number of hydrogen-bond donors (Lipinski definition) is 2. The highest BCUT2D eigenvalue weighted by Crippen LogP contribution is 2.43. The van der Waals surface area contributed by atoms with E-state index in [1.807, 2.05) is 0 Å². The molecule has 0 fully saturated rings. The number of nitrogens with two attached hydrogens (primary N) is 1. The second-order valence-electron chi connectivity index (χ2n) is 18.5. The van der Waals surface area contributed by atoms with E-state index in [0.717, 1.165) is 32.1 Å². The number of hydrogen-bond acceptors (Lipinski definition) is 8. The highest BCUT2D eigenvalue weighted by atomic mass is 31.2. The van der Waals surface area contributed by atoms with Crippen molar-refractivity contribution in [2.75, 3.05) is 26.4 Å². The first-order valence-electron chi connectivity index (χ1n) is 27.2. The molecule has 0 spiro atoms. The van der Waals surface area contributed by atoms with Crippen LogP contribution < -0.4 is 5.73 Å². The van der Waals surface area contributed by atoms with E-state index < -0.39 is 26.5 Å². The maximum absolute atomic E-state index is 12.7. The van der Waals surface area contributed by atoms with Crippen LogP contribution in [0.4, 0.5) is 0 Å². The van der Waals surface area contributed by atoms with Crippen molar-refractivity contribution in [3.8, 4) is 0 Å². The summed E-state index contributed by atoms with van der Waals surface area (Å²) in [4.78, 5) is 35.1. The molecule has 2 atom stereocenters. The van der Waals surface area contributed by atoms with Crippen molar-refractivity contribution in [2.45, 2.75) is 290 Å². The Labute approximate surface area is 389 Å². The fourth-order valence-electron chi connectivity index (χ4n) is 8.10. The lowest BCUT2D eigenvalue weighted by Crippen LogP contribution is -2.29. The summed E-state index contributed by atoms with van der Waals surface area (Å²) in [6.45, 7) is 3.80. The van der Waals surface area contributed by atoms with Crippen molar-refractivity contribution in [2.24, 2.45) is 5.73 Å². The van der Waals surface area contributed by atoms with Gasteiger partial charge in [-0.1, -0.05) is 244 Å². The van der Waals surface area contributed by atoms with E-state index in [-0.39, 0.29) is 38.6 Å². The molecule has 0 bridgehead atoms. The molecule has 0 radical (unpaired) electrons. The Kier molecular flexibility index (Phi) is 49.2. The maximum atomic E-state index is 12.7. The number of esters is 2. The lowest BCUT2D eigenvalue weighted by molar-refractivity contribution is -0.161. The first-order chi connectivity index (χ1) is 30.8. The normalized spacial score (nSPS) is 13.1. The number of ether oxygens (including phenoxy) is 2. The number of phosphoric acid groups is 1. The van der Waals surface area contributed by atoms with Gasteiger partial charge in [-0.25, -0.2) is 4.57 Å². The SMILES string of the molecule is CCCCCCCC/C=C/CCCCCCCCCCCCCC(=O)OC[C@H](COP(=O)(O)OCCN)OC(=O)CCCCCCCCCCCCCCCCCCCCCCC. The molecule has 10 heteroatoms. The van der Waals surface area contributed by atoms with E-state index in [9.17, 15) is 19.0 Å². The minimum Gasteiger partial charge on any atom is -0.462 e. The summed E-state index contributed by atoms with van der Waals surface area (Å²) in [5, 5.41) is 0. The van der Waals surface area contributed by atoms with Crippen molar-refractivity contribution < 1.29 is 37.6 Å². The third-order valence-electron chi connectivity index (χ3n) is 12.2. The van der Waals surface area contributed by atoms with Crippen LogP contribution in [-0.4, -0.2) is 49.3 Å². The van der Waals surface area contributed by atoms with Crippen LogP contribution in [-0.2, 0) is 32.7 Å². The zero-order valence-corrected chi connectivity index (χ0v) is 42.5. The minimum absolute atomic E-state index is 0.0568. The zero-order chi connectivity index (χ0) is 46.0. The third kappa shape index (κ3) is 50.0. The van der Waals surface area contributed by atoms with Gasteiger partial charge in [-0.2, -0.15) is 0 Å². The van der Waals surface area contributed by atoms with Gasteiger partial charge in [0.05, 0.1) is 13.2 Å². The fourth-order valence-corrected chi connectivity index (χ4v) is 8.87. The molecule has 63 heavy (non-hydrogen) atoms. The smallest absolute Gasteiger partial charge is 0.462 e. The van der Waals surface area contributed by atoms with E-state index >= 15 is 0 Å². The average molecular weight is 914 g/mol. The molecule has 0 aliphatic carbocycles. The van der Waals surface area contributed by atoms with Gasteiger partial charge in [-0.3, -0.25) is 18.6 Å². The summed E-state index contributed by atoms with van der Waals surface area (Å²) in [5.41, 5.74) is 5.37. The Balaban J connectivity index is 3.97. The van der Waals surface area contributed by atoms with E-state index in [4.69, 9.17) is 24.3 Å². The lowest BCUT2D eigenvalue weighted by Gasteiger charge is -2.19. The molecular weight excluding hydrogens is 810 g/mol. The van der Waals surface area contributed by atoms with Crippen LogP contribution in [0.3, 0.4) is 0 Å². The van der Waals surface area contributed by atoms with Crippen LogP contribution in [0.15, 0.2) is 12.2 Å². The fraction of sp³-hybridized carbons (Fsp3) is 0.925. The molecular formula is C53H104NO8P. The van der Waals surface area contributed by atoms with Crippen molar-refractivity contribution in [3.05, 3.63) is 12.2 Å². The Hall–Kier alpha value is -1.25. The molecule has 0 aromatic rings. The summed E-state index contributed by atoms with van der Waals surface area (Å²) in [6, 6.07) is 0. The average Bonchev–Trinajstić information content (AvgIpc) is 3.27. The number of rotatable bonds is 52. The molecule has 0 saturated carbocycles. The molecule has 0 aliphatic rings. The van der Waals surface area contributed by atoms with Crippen LogP contribution in [0, 0.1) is 0 Å². The standard InChI is InChI=1S/C53H104NO8P/c1-3-5-7-9-11-13-15-17-19-21-23-25-27-29-31-33-35-37-39-41-43-45-52(55)59-49-51(50-61-63(57,58)60-48-47-54)62-53(56)46-44-42-40-38-36-34-32-30-28-26-24-22-20-18-16-14-12-10-8-6-4-2/h17,19,51H,3-16,18,20-50,54H2,1-2H3,(H,57,58)/b19-17+/t51-/m1/s1. The topological polar surface area (TPSA) is 134 Å². The predicted octanol–water partition coefficient (Wildman–Crippen LogP) is 16.5. The van der Waals surface area contributed by atoms with Crippen LogP contribution in [0.25, 0.3) is 0 Å². The second-order valence-corrected chi connectivity index (χ2v) is 19.9. The van der Waals surface area contributed by atoms with Crippen LogP contribution in [0.5, 0.6) is 0 Å². The minimum atomic E-state index is -4.38. The Morgan fingerprint density at radius 3 is 1.13 bits per heavy atom. The molecule has 1 unspecified atom stereocenters. The first-order valence-corrected chi connectivity index (χ1v) is 28.7. The molecule has 0 saturated heterocycles. The Morgan fingerprint density at radius 1 is 0.460 bits per heavy atom. The molecule has 374 valence electrons. The van der Waals surface area contributed by atoms with Gasteiger partial charge in [0, 0.05) is 19.4 Å². The first kappa shape index (κ1) is 61.8. The summed E-state index contributed by atoms with van der Waals surface area (Å²) < 4.78 is 33.0. The van der Waals surface area contributed by atoms with Gasteiger partial charge in [0.25, 0.3) is 0 Å². The summed E-state index contributed by atoms with van der Waals surface area (Å²) in [7, 11) is -4.38. The molecule has 0 aromatic carbocycles. The van der Waals surface area contributed by atoms with Crippen molar-refractivity contribution in [3.63, 3.8) is 0 Å². The largest absolute Gasteiger partial charge is 0.472 e. The summed E-state index contributed by atoms with van der Waals surface area (Å²) >= 11 is 0. The van der Waals surface area contributed by atoms with E-state index in [2.05, 4.69) is 26.0 Å². The molecule has 0 amide bonds. The number of allylic oxidation sites excluding steroid dienone is 2. The van der Waals surface area contributed by atoms with Gasteiger partial charge < -0.3 is 20.1 Å². The van der Waals surface area contributed by atoms with Gasteiger partial charge in [-0.05, 0) is 38.5 Å². The Bertz CT molecular complexity index is 1040. The highest BCUT2D eigenvalue weighted by molar-refractivity contribution is 7.47. The van der Waals surface area contributed by atoms with Gasteiger partial charge in [-0.15, -0.1) is 0 Å². The van der Waals surface area contributed by atoms with Crippen molar-refractivity contribution >= 4 is 19.8 Å². The molecule has 9 nitrogen and oxygen atoms in total. The quantitative estimate of drug-likeness (QED) is 0.0265. The van der Waals surface area contributed by atoms with E-state index in [1.165, 1.54) is 218 Å². The van der Waals surface area contributed by atoms with Gasteiger partial charge in [0.15, 0.2) is 6.10 Å². The van der Waals surface area contributed by atoms with Gasteiger partial charge in [0.2, 0.25) is 0 Å². The maximum Gasteiger partial charge on any atom is 0.472 e. The van der Waals surface area contributed by atoms with Crippen molar-refractivity contribution in [1.29, 1.82) is 0 Å². The number of phosphoric ester groups is 1. The molecule has 0 rings (SSSR count). The third-order valence-corrected chi connectivity index (χ3v) is 13.1. The van der Waals surface area contributed by atoms with Crippen LogP contribution >= 0.6 is 7.82 Å². The second kappa shape index (κ2) is 50.2. The predicted molar refractivity (Wildman–Crippen MR) is 266 cm³/mol. The van der Waals surface area contributed by atoms with Gasteiger partial charge >= 0.3 is 19.8 Å². The summed E-state index contributed by atoms with van der Waals surface area (Å²) in [6.07, 6.45) is 55.4. The monoisotopic (exact) mass is 914 g/mol. The van der Waals surface area contributed by atoms with Crippen molar-refractivity contribution in [1.82, 2.24) is 0 Å². The van der Waals surface area contributed by atoms with Gasteiger partial charge in [0.1, 0.15) is 6.61 Å². The lowest BCUT2D eigenvalue weighted by atomic mass is 10.0. The highest BCUT2D eigenvalue weighted by Gasteiger charge is 2.26. The molecule has 0 heterocycles. The Morgan fingerprint density at radius 2 is 0.778 bits per heavy atom. The van der Waals surface area contributed by atoms with E-state index in [1.54, 1.807) is 0 Å². The zero-order valence-electron chi connectivity index (χ0n) is 41.6. The number of carbonyl (C=O) groups is 2. The summed E-state index contributed by atoms with van der Waals surface area (Å²) in [5.74, 6) is -0.810. The van der Waals surface area contributed by atoms with Crippen LogP contribution in [0.2, 0.25) is 0 Å². The molecule has 0 aliphatic heterocycles. The van der Waals surface area contributed by atoms with E-state index in [0.29, 0.717) is 6.42 Å². The van der Waals surface area contributed by atoms with Crippen LogP contribution in [0.1, 0.15) is 284 Å². The molecule has 0 aromatic heterocycles.